The SMILES string of the molecule is COc1cc(N2CCN(C(=O)NCc3cccc(Cl)c3Cl)CC2)ccc1-n1cnc(C)c1. The summed E-state index contributed by atoms with van der Waals surface area (Å²) in [5.41, 5.74) is 3.75. The van der Waals surface area contributed by atoms with Crippen molar-refractivity contribution >= 4 is 34.9 Å². The number of amides is 2. The highest BCUT2D eigenvalue weighted by atomic mass is 35.5. The second kappa shape index (κ2) is 9.71. The van der Waals surface area contributed by atoms with Crippen LogP contribution in [0.4, 0.5) is 10.5 Å². The number of hydrogen-bond acceptors (Lipinski definition) is 4. The Morgan fingerprint density at radius 2 is 1.94 bits per heavy atom. The lowest BCUT2D eigenvalue weighted by Crippen LogP contribution is -2.51. The minimum atomic E-state index is -0.107. The fraction of sp³-hybridized carbons (Fsp3) is 0.304. The summed E-state index contributed by atoms with van der Waals surface area (Å²) in [4.78, 5) is 21.0. The Bertz CT molecular complexity index is 1110. The number of imidazole rings is 1. The number of nitrogens with one attached hydrogen (secondary N) is 1. The Balaban J connectivity index is 1.36. The third-order valence-electron chi connectivity index (χ3n) is 5.55. The van der Waals surface area contributed by atoms with Gasteiger partial charge in [0.1, 0.15) is 5.75 Å². The average molecular weight is 474 g/mol. The predicted molar refractivity (Wildman–Crippen MR) is 127 cm³/mol. The van der Waals surface area contributed by atoms with Gasteiger partial charge in [0, 0.05) is 50.7 Å². The van der Waals surface area contributed by atoms with Crippen LogP contribution >= 0.6 is 23.2 Å². The lowest BCUT2D eigenvalue weighted by Gasteiger charge is -2.36. The average Bonchev–Trinajstić information content (AvgIpc) is 3.25. The second-order valence-corrected chi connectivity index (χ2v) is 8.41. The molecule has 0 bridgehead atoms. The molecule has 1 aliphatic heterocycles. The number of carbonyl (C=O) groups is 1. The van der Waals surface area contributed by atoms with Gasteiger partial charge in [0.05, 0.1) is 34.9 Å². The minimum Gasteiger partial charge on any atom is -0.494 e. The molecular weight excluding hydrogens is 449 g/mol. The fourth-order valence-electron chi connectivity index (χ4n) is 3.76. The number of anilines is 1. The monoisotopic (exact) mass is 473 g/mol. The van der Waals surface area contributed by atoms with Crippen LogP contribution in [-0.2, 0) is 6.54 Å². The van der Waals surface area contributed by atoms with Crippen LogP contribution in [0.25, 0.3) is 5.69 Å². The van der Waals surface area contributed by atoms with E-state index in [2.05, 4.69) is 21.3 Å². The van der Waals surface area contributed by atoms with Gasteiger partial charge in [-0.3, -0.25) is 0 Å². The molecule has 0 spiro atoms. The van der Waals surface area contributed by atoms with E-state index in [1.165, 1.54) is 0 Å². The van der Waals surface area contributed by atoms with Crippen molar-refractivity contribution in [3.8, 4) is 11.4 Å². The van der Waals surface area contributed by atoms with Crippen molar-refractivity contribution in [2.75, 3.05) is 38.2 Å². The molecule has 1 fully saturated rings. The molecule has 1 saturated heterocycles. The van der Waals surface area contributed by atoms with Gasteiger partial charge in [-0.2, -0.15) is 0 Å². The summed E-state index contributed by atoms with van der Waals surface area (Å²) in [6.07, 6.45) is 3.74. The van der Waals surface area contributed by atoms with Crippen LogP contribution in [0.5, 0.6) is 5.75 Å². The van der Waals surface area contributed by atoms with Crippen molar-refractivity contribution in [3.63, 3.8) is 0 Å². The van der Waals surface area contributed by atoms with E-state index < -0.39 is 0 Å². The third-order valence-corrected chi connectivity index (χ3v) is 6.40. The van der Waals surface area contributed by atoms with Crippen LogP contribution in [-0.4, -0.2) is 53.8 Å². The first-order valence-electron chi connectivity index (χ1n) is 10.4. The highest BCUT2D eigenvalue weighted by molar-refractivity contribution is 6.42. The molecule has 0 radical (unpaired) electrons. The van der Waals surface area contributed by atoms with E-state index in [0.29, 0.717) is 29.7 Å². The Labute approximate surface area is 197 Å². The molecule has 1 aromatic heterocycles. The molecular formula is C23H25Cl2N5O2. The molecule has 9 heteroatoms. The normalized spacial score (nSPS) is 13.9. The smallest absolute Gasteiger partial charge is 0.317 e. The minimum absolute atomic E-state index is 0.107. The molecule has 0 unspecified atom stereocenters. The zero-order chi connectivity index (χ0) is 22.7. The lowest BCUT2D eigenvalue weighted by atomic mass is 10.2. The highest BCUT2D eigenvalue weighted by Crippen LogP contribution is 2.29. The Kier molecular flexibility index (Phi) is 6.77. The van der Waals surface area contributed by atoms with Crippen molar-refractivity contribution in [1.82, 2.24) is 19.8 Å². The summed E-state index contributed by atoms with van der Waals surface area (Å²) in [6.45, 7) is 5.01. The summed E-state index contributed by atoms with van der Waals surface area (Å²) in [6, 6.07) is 11.4. The van der Waals surface area contributed by atoms with E-state index in [1.54, 1.807) is 19.5 Å². The van der Waals surface area contributed by atoms with Gasteiger partial charge >= 0.3 is 6.03 Å². The van der Waals surface area contributed by atoms with Crippen molar-refractivity contribution in [1.29, 1.82) is 0 Å². The van der Waals surface area contributed by atoms with Crippen molar-refractivity contribution in [2.24, 2.45) is 0 Å². The molecule has 4 rings (SSSR count). The fourth-order valence-corrected chi connectivity index (χ4v) is 4.15. The van der Waals surface area contributed by atoms with Crippen LogP contribution in [0.3, 0.4) is 0 Å². The van der Waals surface area contributed by atoms with E-state index in [9.17, 15) is 4.79 Å². The Hall–Kier alpha value is -2.90. The van der Waals surface area contributed by atoms with Gasteiger partial charge in [-0.05, 0) is 30.7 Å². The zero-order valence-corrected chi connectivity index (χ0v) is 19.5. The van der Waals surface area contributed by atoms with Gasteiger partial charge in [0.25, 0.3) is 0 Å². The quantitative estimate of drug-likeness (QED) is 0.591. The van der Waals surface area contributed by atoms with Crippen molar-refractivity contribution in [2.45, 2.75) is 13.5 Å². The number of aryl methyl sites for hydroxylation is 1. The molecule has 1 aliphatic rings. The van der Waals surface area contributed by atoms with E-state index in [-0.39, 0.29) is 6.03 Å². The molecule has 2 amide bonds. The first kappa shape index (κ1) is 22.3. The summed E-state index contributed by atoms with van der Waals surface area (Å²) in [7, 11) is 1.67. The van der Waals surface area contributed by atoms with Gasteiger partial charge in [-0.25, -0.2) is 9.78 Å². The van der Waals surface area contributed by atoms with E-state index in [1.807, 2.05) is 46.9 Å². The molecule has 32 heavy (non-hydrogen) atoms. The van der Waals surface area contributed by atoms with Crippen LogP contribution in [0.2, 0.25) is 10.0 Å². The van der Waals surface area contributed by atoms with Crippen molar-refractivity contribution < 1.29 is 9.53 Å². The molecule has 2 heterocycles. The second-order valence-electron chi connectivity index (χ2n) is 7.62. The van der Waals surface area contributed by atoms with E-state index in [0.717, 1.165) is 41.5 Å². The van der Waals surface area contributed by atoms with Gasteiger partial charge < -0.3 is 24.4 Å². The maximum Gasteiger partial charge on any atom is 0.317 e. The molecule has 0 atom stereocenters. The van der Waals surface area contributed by atoms with Gasteiger partial charge in [0.15, 0.2) is 0 Å². The van der Waals surface area contributed by atoms with Crippen LogP contribution in [0.1, 0.15) is 11.3 Å². The molecule has 7 nitrogen and oxygen atoms in total. The standard InChI is InChI=1S/C23H25Cl2N5O2/c1-16-14-30(15-27-16)20-7-6-18(12-21(20)32-2)28-8-10-29(11-9-28)23(31)26-13-17-4-3-5-19(24)22(17)25/h3-7,12,14-15H,8-11,13H2,1-2H3,(H,26,31). The maximum absolute atomic E-state index is 12.6. The molecule has 2 aromatic carbocycles. The van der Waals surface area contributed by atoms with Gasteiger partial charge in [-0.1, -0.05) is 35.3 Å². The largest absolute Gasteiger partial charge is 0.494 e. The third kappa shape index (κ3) is 4.79. The molecule has 3 aromatic rings. The number of ether oxygens (including phenoxy) is 1. The first-order valence-corrected chi connectivity index (χ1v) is 11.1. The van der Waals surface area contributed by atoms with Crippen LogP contribution in [0.15, 0.2) is 48.9 Å². The number of nitrogens with zero attached hydrogens (tertiary/aromatic N) is 4. The van der Waals surface area contributed by atoms with Gasteiger partial charge in [-0.15, -0.1) is 0 Å². The number of rotatable bonds is 5. The summed E-state index contributed by atoms with van der Waals surface area (Å²) >= 11 is 12.3. The number of hydrogen-bond donors (Lipinski definition) is 1. The van der Waals surface area contributed by atoms with Crippen LogP contribution in [0, 0.1) is 6.92 Å². The maximum atomic E-state index is 12.6. The number of carbonyl (C=O) groups excluding carboxylic acids is 1. The summed E-state index contributed by atoms with van der Waals surface area (Å²) in [5.74, 6) is 0.776. The topological polar surface area (TPSA) is 62.6 Å². The number of methoxy groups -OCH3 is 1. The zero-order valence-electron chi connectivity index (χ0n) is 18.0. The molecule has 1 N–H and O–H groups in total. The summed E-state index contributed by atoms with van der Waals surface area (Å²) in [5, 5.41) is 3.89. The van der Waals surface area contributed by atoms with E-state index in [4.69, 9.17) is 27.9 Å². The van der Waals surface area contributed by atoms with Crippen LogP contribution < -0.4 is 15.0 Å². The lowest BCUT2D eigenvalue weighted by molar-refractivity contribution is 0.194. The number of benzene rings is 2. The molecule has 168 valence electrons. The van der Waals surface area contributed by atoms with Crippen molar-refractivity contribution in [3.05, 3.63) is 70.2 Å². The predicted octanol–water partition coefficient (Wildman–Crippen LogP) is 4.53. The number of halogens is 2. The molecule has 0 saturated carbocycles. The first-order chi connectivity index (χ1) is 15.5. The Morgan fingerprint density at radius 1 is 1.16 bits per heavy atom. The van der Waals surface area contributed by atoms with E-state index >= 15 is 0 Å². The number of aromatic nitrogens is 2. The number of urea groups is 1. The number of piperazine rings is 1. The summed E-state index contributed by atoms with van der Waals surface area (Å²) < 4.78 is 7.57. The Morgan fingerprint density at radius 3 is 2.62 bits per heavy atom. The molecule has 0 aliphatic carbocycles. The highest BCUT2D eigenvalue weighted by Gasteiger charge is 2.22. The van der Waals surface area contributed by atoms with Gasteiger partial charge in [0.2, 0.25) is 0 Å².